The van der Waals surface area contributed by atoms with Gasteiger partial charge in [0.2, 0.25) is 0 Å². The molecule has 2 heterocycles. The second-order valence-corrected chi connectivity index (χ2v) is 7.18. The minimum absolute atomic E-state index is 0.544. The summed E-state index contributed by atoms with van der Waals surface area (Å²) in [6.07, 6.45) is 0. The van der Waals surface area contributed by atoms with E-state index in [0.29, 0.717) is 10.7 Å². The van der Waals surface area contributed by atoms with Gasteiger partial charge in [0.25, 0.3) is 0 Å². The minimum atomic E-state index is 0.544. The van der Waals surface area contributed by atoms with Gasteiger partial charge in [-0.3, -0.25) is 9.67 Å². The van der Waals surface area contributed by atoms with Gasteiger partial charge in [0.05, 0.1) is 8.66 Å². The van der Waals surface area contributed by atoms with Crippen LogP contribution in [-0.2, 0) is 6.54 Å². The fraction of sp³-hybridized carbons (Fsp3) is 0.455. The van der Waals surface area contributed by atoms with Gasteiger partial charge in [-0.15, -0.1) is 11.3 Å². The lowest BCUT2D eigenvalue weighted by atomic mass is 10.2. The zero-order chi connectivity index (χ0) is 12.6. The average molecular weight is 332 g/mol. The summed E-state index contributed by atoms with van der Waals surface area (Å²) in [6, 6.07) is 2.14. The number of nitrogens with one attached hydrogen (secondary N) is 1. The molecule has 0 radical (unpaired) electrons. The highest BCUT2D eigenvalue weighted by molar-refractivity contribution is 9.11. The van der Waals surface area contributed by atoms with Crippen LogP contribution in [0.25, 0.3) is 10.7 Å². The molecule has 0 spiro atoms. The topological polar surface area (TPSA) is 33.6 Å². The van der Waals surface area contributed by atoms with Crippen molar-refractivity contribution >= 4 is 39.5 Å². The van der Waals surface area contributed by atoms with E-state index in [2.05, 4.69) is 57.5 Å². The van der Waals surface area contributed by atoms with Crippen molar-refractivity contribution in [2.45, 2.75) is 27.3 Å². The Bertz CT molecular complexity index is 560. The van der Waals surface area contributed by atoms with Gasteiger partial charge in [-0.05, 0) is 52.6 Å². The van der Waals surface area contributed by atoms with Crippen molar-refractivity contribution in [1.29, 1.82) is 0 Å². The molecular formula is C11H14BrN3S2. The molecule has 92 valence electrons. The molecule has 2 aromatic rings. The molecule has 0 unspecified atom stereocenters. The molecule has 3 nitrogen and oxygen atoms in total. The minimum Gasteiger partial charge on any atom is -0.299 e. The first-order chi connectivity index (χ1) is 7.99. The summed E-state index contributed by atoms with van der Waals surface area (Å²) >= 11 is 10.5. The summed E-state index contributed by atoms with van der Waals surface area (Å²) in [5.41, 5.74) is 1.23. The van der Waals surface area contributed by atoms with Crippen LogP contribution in [0.3, 0.4) is 0 Å². The first-order valence-electron chi connectivity index (χ1n) is 5.40. The van der Waals surface area contributed by atoms with Crippen molar-refractivity contribution in [3.8, 4) is 10.7 Å². The number of rotatable bonds is 3. The van der Waals surface area contributed by atoms with Crippen molar-refractivity contribution in [3.05, 3.63) is 20.2 Å². The first kappa shape index (κ1) is 13.0. The molecule has 2 aromatic heterocycles. The van der Waals surface area contributed by atoms with Crippen LogP contribution in [0, 0.1) is 17.6 Å². The summed E-state index contributed by atoms with van der Waals surface area (Å²) in [5.74, 6) is 1.48. The van der Waals surface area contributed by atoms with E-state index < -0.39 is 0 Å². The number of hydrogen-bond donors (Lipinski definition) is 1. The third kappa shape index (κ3) is 2.69. The lowest BCUT2D eigenvalue weighted by Gasteiger charge is -2.07. The summed E-state index contributed by atoms with van der Waals surface area (Å²) in [6.45, 7) is 7.32. The van der Waals surface area contributed by atoms with Gasteiger partial charge >= 0.3 is 0 Å². The summed E-state index contributed by atoms with van der Waals surface area (Å²) < 4.78 is 3.91. The molecule has 6 heteroatoms. The third-order valence-corrected chi connectivity index (χ3v) is 4.83. The highest BCUT2D eigenvalue weighted by atomic mass is 79.9. The molecule has 0 bridgehead atoms. The van der Waals surface area contributed by atoms with E-state index in [1.165, 1.54) is 5.56 Å². The first-order valence-corrected chi connectivity index (χ1v) is 7.42. The van der Waals surface area contributed by atoms with E-state index in [0.717, 1.165) is 21.0 Å². The van der Waals surface area contributed by atoms with Gasteiger partial charge in [-0.2, -0.15) is 5.10 Å². The second-order valence-electron chi connectivity index (χ2n) is 4.42. The number of aromatic amines is 1. The number of thiophene rings is 1. The smallest absolute Gasteiger partial charge is 0.195 e. The van der Waals surface area contributed by atoms with Crippen molar-refractivity contribution in [2.75, 3.05) is 0 Å². The number of halogens is 1. The average Bonchev–Trinajstić information content (AvgIpc) is 2.73. The van der Waals surface area contributed by atoms with E-state index in [4.69, 9.17) is 12.2 Å². The Morgan fingerprint density at radius 1 is 1.59 bits per heavy atom. The predicted octanol–water partition coefficient (Wildman–Crippen LogP) is 4.40. The van der Waals surface area contributed by atoms with Crippen molar-refractivity contribution in [2.24, 2.45) is 5.92 Å². The molecule has 0 saturated heterocycles. The maximum atomic E-state index is 5.27. The Kier molecular flexibility index (Phi) is 3.85. The van der Waals surface area contributed by atoms with E-state index >= 15 is 0 Å². The lowest BCUT2D eigenvalue weighted by molar-refractivity contribution is 0.522. The number of nitrogens with zero attached hydrogens (tertiary/aromatic N) is 2. The molecule has 0 amide bonds. The van der Waals surface area contributed by atoms with Gasteiger partial charge < -0.3 is 0 Å². The maximum absolute atomic E-state index is 5.27. The second kappa shape index (κ2) is 5.04. The fourth-order valence-corrected chi connectivity index (χ4v) is 3.35. The molecule has 2 rings (SSSR count). The SMILES string of the molecule is Cc1cc(-c2n[nH]c(=S)n2CC(C)C)sc1Br. The zero-order valence-electron chi connectivity index (χ0n) is 9.95. The number of hydrogen-bond acceptors (Lipinski definition) is 3. The van der Waals surface area contributed by atoms with Gasteiger partial charge in [0, 0.05) is 6.54 Å². The van der Waals surface area contributed by atoms with Gasteiger partial charge in [-0.25, -0.2) is 0 Å². The molecular weight excluding hydrogens is 318 g/mol. The van der Waals surface area contributed by atoms with Crippen LogP contribution >= 0.6 is 39.5 Å². The van der Waals surface area contributed by atoms with E-state index in [-0.39, 0.29) is 0 Å². The van der Waals surface area contributed by atoms with Gasteiger partial charge in [0.1, 0.15) is 0 Å². The van der Waals surface area contributed by atoms with Gasteiger partial charge in [-0.1, -0.05) is 13.8 Å². The quantitative estimate of drug-likeness (QED) is 0.846. The highest BCUT2D eigenvalue weighted by Gasteiger charge is 2.13. The molecule has 0 saturated carbocycles. The van der Waals surface area contributed by atoms with Crippen LogP contribution in [0.1, 0.15) is 19.4 Å². The monoisotopic (exact) mass is 331 g/mol. The summed E-state index contributed by atoms with van der Waals surface area (Å²) in [7, 11) is 0. The standard InChI is InChI=1S/C11H14BrN3S2/c1-6(2)5-15-10(13-14-11(15)16)8-4-7(3)9(12)17-8/h4,6H,5H2,1-3H3,(H,14,16). The highest BCUT2D eigenvalue weighted by Crippen LogP contribution is 2.33. The van der Waals surface area contributed by atoms with Crippen LogP contribution in [-0.4, -0.2) is 14.8 Å². The zero-order valence-corrected chi connectivity index (χ0v) is 13.2. The van der Waals surface area contributed by atoms with Gasteiger partial charge in [0.15, 0.2) is 10.6 Å². The third-order valence-electron chi connectivity index (χ3n) is 2.38. The maximum Gasteiger partial charge on any atom is 0.195 e. The number of aromatic nitrogens is 3. The Balaban J connectivity index is 2.48. The number of H-pyrrole nitrogens is 1. The Hall–Kier alpha value is -0.460. The largest absolute Gasteiger partial charge is 0.299 e. The Labute approximate surface area is 118 Å². The molecule has 0 aromatic carbocycles. The van der Waals surface area contributed by atoms with Crippen LogP contribution in [0.15, 0.2) is 9.85 Å². The number of aryl methyl sites for hydroxylation is 1. The normalized spacial score (nSPS) is 11.4. The molecule has 0 aliphatic heterocycles. The Morgan fingerprint density at radius 3 is 2.82 bits per heavy atom. The van der Waals surface area contributed by atoms with Crippen LogP contribution in [0.2, 0.25) is 0 Å². The lowest BCUT2D eigenvalue weighted by Crippen LogP contribution is -2.05. The van der Waals surface area contributed by atoms with Crippen LogP contribution in [0.5, 0.6) is 0 Å². The van der Waals surface area contributed by atoms with Crippen molar-refractivity contribution in [3.63, 3.8) is 0 Å². The van der Waals surface area contributed by atoms with Crippen LogP contribution < -0.4 is 0 Å². The van der Waals surface area contributed by atoms with Crippen molar-refractivity contribution in [1.82, 2.24) is 14.8 Å². The van der Waals surface area contributed by atoms with Crippen molar-refractivity contribution < 1.29 is 0 Å². The van der Waals surface area contributed by atoms with E-state index in [9.17, 15) is 0 Å². The Morgan fingerprint density at radius 2 is 2.29 bits per heavy atom. The molecule has 0 aliphatic carbocycles. The van der Waals surface area contributed by atoms with E-state index in [1.807, 2.05) is 0 Å². The summed E-state index contributed by atoms with van der Waals surface area (Å²) in [4.78, 5) is 1.14. The molecule has 0 aliphatic rings. The van der Waals surface area contributed by atoms with Crippen LogP contribution in [0.4, 0.5) is 0 Å². The predicted molar refractivity (Wildman–Crippen MR) is 78.0 cm³/mol. The molecule has 17 heavy (non-hydrogen) atoms. The molecule has 1 N–H and O–H groups in total. The molecule has 0 atom stereocenters. The summed E-state index contributed by atoms with van der Waals surface area (Å²) in [5, 5.41) is 7.21. The molecule has 0 fully saturated rings. The fourth-order valence-electron chi connectivity index (χ4n) is 1.61. The van der Waals surface area contributed by atoms with E-state index in [1.54, 1.807) is 11.3 Å².